The van der Waals surface area contributed by atoms with Crippen LogP contribution in [-0.2, 0) is 4.79 Å². The Hall–Kier alpha value is -2.71. The molecule has 9 nitrogen and oxygen atoms in total. The van der Waals surface area contributed by atoms with Crippen molar-refractivity contribution in [1.82, 2.24) is 0 Å². The smallest absolute Gasteiger partial charge is 0.306 e. The molecule has 1 aromatic rings. The van der Waals surface area contributed by atoms with Crippen molar-refractivity contribution in [3.63, 3.8) is 0 Å². The number of aliphatic carboxylic acids is 1. The standard InChI is InChI=1S/C12H13N3O6/c16-12(17)7-1-2-8(5-7)13-10-4-3-9(14(18)19)6-11(10)15(20)21/h3-4,6-8,13H,1-2,5H2,(H,16,17). The number of rotatable bonds is 5. The van der Waals surface area contributed by atoms with Gasteiger partial charge in [-0.25, -0.2) is 0 Å². The molecule has 0 amide bonds. The second kappa shape index (κ2) is 5.73. The fraction of sp³-hybridized carbons (Fsp3) is 0.417. The first kappa shape index (κ1) is 14.7. The van der Waals surface area contributed by atoms with Gasteiger partial charge in [-0.1, -0.05) is 0 Å². The van der Waals surface area contributed by atoms with Crippen LogP contribution in [0.4, 0.5) is 17.1 Å². The van der Waals surface area contributed by atoms with Crippen molar-refractivity contribution in [2.45, 2.75) is 25.3 Å². The molecule has 0 spiro atoms. The summed E-state index contributed by atoms with van der Waals surface area (Å²) in [5, 5.41) is 33.5. The number of nitro groups is 2. The van der Waals surface area contributed by atoms with Crippen LogP contribution in [0.2, 0.25) is 0 Å². The van der Waals surface area contributed by atoms with Crippen LogP contribution >= 0.6 is 0 Å². The molecule has 2 N–H and O–H groups in total. The van der Waals surface area contributed by atoms with Crippen LogP contribution < -0.4 is 5.32 Å². The van der Waals surface area contributed by atoms with Crippen LogP contribution in [0.1, 0.15) is 19.3 Å². The molecule has 0 saturated heterocycles. The summed E-state index contributed by atoms with van der Waals surface area (Å²) in [6.45, 7) is 0. The highest BCUT2D eigenvalue weighted by Crippen LogP contribution is 2.33. The first-order chi connectivity index (χ1) is 9.88. The first-order valence-electron chi connectivity index (χ1n) is 6.30. The second-order valence-corrected chi connectivity index (χ2v) is 4.91. The van der Waals surface area contributed by atoms with Gasteiger partial charge in [0.1, 0.15) is 5.69 Å². The highest BCUT2D eigenvalue weighted by molar-refractivity contribution is 5.71. The largest absolute Gasteiger partial charge is 0.481 e. The highest BCUT2D eigenvalue weighted by Gasteiger charge is 2.31. The third kappa shape index (κ3) is 3.25. The minimum atomic E-state index is -0.877. The maximum Gasteiger partial charge on any atom is 0.306 e. The first-order valence-corrected chi connectivity index (χ1v) is 6.30. The molecule has 1 aliphatic carbocycles. The number of carboxylic acids is 1. The molecule has 1 fully saturated rings. The summed E-state index contributed by atoms with van der Waals surface area (Å²) in [6, 6.07) is 3.17. The van der Waals surface area contributed by atoms with Gasteiger partial charge >= 0.3 is 5.97 Å². The van der Waals surface area contributed by atoms with Crippen molar-refractivity contribution in [2.24, 2.45) is 5.92 Å². The number of nitrogens with one attached hydrogen (secondary N) is 1. The van der Waals surface area contributed by atoms with Crippen molar-refractivity contribution < 1.29 is 19.7 Å². The molecule has 0 aromatic heterocycles. The molecule has 21 heavy (non-hydrogen) atoms. The summed E-state index contributed by atoms with van der Waals surface area (Å²) in [6.07, 6.45) is 1.47. The zero-order chi connectivity index (χ0) is 15.6. The zero-order valence-electron chi connectivity index (χ0n) is 10.9. The molecule has 1 saturated carbocycles. The van der Waals surface area contributed by atoms with Crippen LogP contribution in [0.25, 0.3) is 0 Å². The van der Waals surface area contributed by atoms with Crippen LogP contribution in [0, 0.1) is 26.1 Å². The maximum absolute atomic E-state index is 11.0. The Morgan fingerprint density at radius 3 is 2.48 bits per heavy atom. The Morgan fingerprint density at radius 1 is 1.24 bits per heavy atom. The summed E-state index contributed by atoms with van der Waals surface area (Å²) in [5.74, 6) is -1.34. The number of nitrogens with zero attached hydrogens (tertiary/aromatic N) is 2. The number of nitro benzene ring substituents is 2. The zero-order valence-corrected chi connectivity index (χ0v) is 10.9. The summed E-state index contributed by atoms with van der Waals surface area (Å²) in [7, 11) is 0. The lowest BCUT2D eigenvalue weighted by Gasteiger charge is -2.13. The summed E-state index contributed by atoms with van der Waals surface area (Å²) >= 11 is 0. The molecule has 2 rings (SSSR count). The lowest BCUT2D eigenvalue weighted by atomic mass is 10.1. The number of non-ortho nitro benzene ring substituents is 1. The number of benzene rings is 1. The summed E-state index contributed by atoms with van der Waals surface area (Å²) in [5.41, 5.74) is -0.577. The van der Waals surface area contributed by atoms with Crippen molar-refractivity contribution in [3.8, 4) is 0 Å². The fourth-order valence-electron chi connectivity index (χ4n) is 2.46. The molecule has 9 heteroatoms. The fourth-order valence-corrected chi connectivity index (χ4v) is 2.46. The monoisotopic (exact) mass is 295 g/mol. The summed E-state index contributed by atoms with van der Waals surface area (Å²) in [4.78, 5) is 31.1. The predicted octanol–water partition coefficient (Wildman–Crippen LogP) is 2.17. The molecule has 0 radical (unpaired) electrons. The lowest BCUT2D eigenvalue weighted by molar-refractivity contribution is -0.393. The highest BCUT2D eigenvalue weighted by atomic mass is 16.6. The van der Waals surface area contributed by atoms with E-state index in [-0.39, 0.29) is 23.1 Å². The molecular formula is C12H13N3O6. The van der Waals surface area contributed by atoms with E-state index in [0.29, 0.717) is 19.3 Å². The van der Waals surface area contributed by atoms with Gasteiger partial charge in [-0.05, 0) is 25.3 Å². The Kier molecular flexibility index (Phi) is 4.01. The lowest BCUT2D eigenvalue weighted by Crippen LogP contribution is -2.18. The van der Waals surface area contributed by atoms with Crippen LogP contribution in [-0.4, -0.2) is 27.0 Å². The van der Waals surface area contributed by atoms with Crippen LogP contribution in [0.5, 0.6) is 0 Å². The van der Waals surface area contributed by atoms with Crippen LogP contribution in [0.3, 0.4) is 0 Å². The summed E-state index contributed by atoms with van der Waals surface area (Å²) < 4.78 is 0. The van der Waals surface area contributed by atoms with Gasteiger partial charge in [0.2, 0.25) is 0 Å². The predicted molar refractivity (Wildman–Crippen MR) is 72.1 cm³/mol. The van der Waals surface area contributed by atoms with Crippen molar-refractivity contribution in [2.75, 3.05) is 5.32 Å². The Bertz CT molecular complexity index is 603. The minimum absolute atomic E-state index is 0.168. The number of hydrogen-bond acceptors (Lipinski definition) is 6. The molecule has 0 bridgehead atoms. The SMILES string of the molecule is O=C(O)C1CCC(Nc2ccc([N+](=O)[O-])cc2[N+](=O)[O-])C1. The Balaban J connectivity index is 2.18. The minimum Gasteiger partial charge on any atom is -0.481 e. The number of hydrogen-bond donors (Lipinski definition) is 2. The number of carbonyl (C=O) groups is 1. The van der Waals surface area contributed by atoms with E-state index in [0.717, 1.165) is 6.07 Å². The number of anilines is 1. The molecule has 0 aliphatic heterocycles. The normalized spacial score (nSPS) is 21.0. The van der Waals surface area contributed by atoms with Crippen molar-refractivity contribution in [1.29, 1.82) is 0 Å². The average molecular weight is 295 g/mol. The maximum atomic E-state index is 11.0. The van der Waals surface area contributed by atoms with Gasteiger partial charge in [0, 0.05) is 12.1 Å². The molecule has 1 aromatic carbocycles. The second-order valence-electron chi connectivity index (χ2n) is 4.91. The molecule has 0 heterocycles. The average Bonchev–Trinajstić information content (AvgIpc) is 2.87. The quantitative estimate of drug-likeness (QED) is 0.627. The molecule has 1 aliphatic rings. The van der Waals surface area contributed by atoms with E-state index < -0.39 is 21.7 Å². The van der Waals surface area contributed by atoms with Crippen molar-refractivity contribution >= 4 is 23.0 Å². The van der Waals surface area contributed by atoms with Gasteiger partial charge in [0.05, 0.1) is 21.8 Å². The van der Waals surface area contributed by atoms with E-state index in [1.807, 2.05) is 0 Å². The van der Waals surface area contributed by atoms with Crippen LogP contribution in [0.15, 0.2) is 18.2 Å². The molecule has 2 unspecified atom stereocenters. The molecule has 2 atom stereocenters. The molecule has 112 valence electrons. The third-order valence-corrected chi connectivity index (χ3v) is 3.53. The van der Waals surface area contributed by atoms with Gasteiger partial charge < -0.3 is 10.4 Å². The van der Waals surface area contributed by atoms with E-state index in [9.17, 15) is 25.0 Å². The van der Waals surface area contributed by atoms with Gasteiger partial charge in [-0.3, -0.25) is 25.0 Å². The Morgan fingerprint density at radius 2 is 1.95 bits per heavy atom. The number of carboxylic acid groups (broad SMARTS) is 1. The third-order valence-electron chi connectivity index (χ3n) is 3.53. The van der Waals surface area contributed by atoms with E-state index in [4.69, 9.17) is 5.11 Å². The van der Waals surface area contributed by atoms with Crippen molar-refractivity contribution in [3.05, 3.63) is 38.4 Å². The topological polar surface area (TPSA) is 136 Å². The van der Waals surface area contributed by atoms with E-state index in [1.54, 1.807) is 0 Å². The van der Waals surface area contributed by atoms with Gasteiger partial charge in [0.25, 0.3) is 11.4 Å². The van der Waals surface area contributed by atoms with Gasteiger partial charge in [-0.15, -0.1) is 0 Å². The van der Waals surface area contributed by atoms with Gasteiger partial charge in [0.15, 0.2) is 0 Å². The molecular weight excluding hydrogens is 282 g/mol. The van der Waals surface area contributed by atoms with E-state index >= 15 is 0 Å². The van der Waals surface area contributed by atoms with E-state index in [2.05, 4.69) is 5.32 Å². The van der Waals surface area contributed by atoms with Gasteiger partial charge in [-0.2, -0.15) is 0 Å². The Labute approximate surface area is 118 Å². The van der Waals surface area contributed by atoms with E-state index in [1.165, 1.54) is 12.1 Å².